The number of benzene rings is 1. The number of hydrogen-bond donors (Lipinski definition) is 3. The first-order valence-corrected chi connectivity index (χ1v) is 13.8. The van der Waals surface area contributed by atoms with E-state index in [-0.39, 0.29) is 16.9 Å². The van der Waals surface area contributed by atoms with Crippen LogP contribution in [0.25, 0.3) is 0 Å². The lowest BCUT2D eigenvalue weighted by atomic mass is 9.50. The fourth-order valence-electron chi connectivity index (χ4n) is 8.60. The summed E-state index contributed by atoms with van der Waals surface area (Å²) in [7, 11) is 0. The number of piperazine rings is 1. The number of aliphatic hydroxyl groups is 2. The summed E-state index contributed by atoms with van der Waals surface area (Å²) in [5, 5.41) is 32.7. The normalized spacial score (nSPS) is 41.5. The first-order valence-electron chi connectivity index (χ1n) is 13.8. The van der Waals surface area contributed by atoms with Crippen LogP contribution in [0.1, 0.15) is 58.8 Å². The van der Waals surface area contributed by atoms with Crippen molar-refractivity contribution in [3.63, 3.8) is 0 Å². The van der Waals surface area contributed by atoms with E-state index in [1.165, 1.54) is 5.57 Å². The molecule has 0 radical (unpaired) electrons. The molecule has 5 aliphatic rings. The molecule has 0 aromatic heterocycles. The smallest absolute Gasteiger partial charge is 0.138 e. The fraction of sp³-hybridized carbons (Fsp3) is 0.667. The van der Waals surface area contributed by atoms with Gasteiger partial charge in [-0.25, -0.2) is 0 Å². The molecule has 6 unspecified atom stereocenters. The number of β-amino-alcohol motifs (C(OH)–C–C–N with tert-alkyl or cyclic N) is 1. The Morgan fingerprint density at radius 3 is 2.43 bits per heavy atom. The summed E-state index contributed by atoms with van der Waals surface area (Å²) in [4.78, 5) is 4.71. The molecule has 190 valence electrons. The molecular weight excluding hydrogens is 436 g/mol. The van der Waals surface area contributed by atoms with E-state index in [2.05, 4.69) is 35.8 Å². The summed E-state index contributed by atoms with van der Waals surface area (Å²) < 4.78 is 0. The van der Waals surface area contributed by atoms with Gasteiger partial charge in [0.25, 0.3) is 0 Å². The van der Waals surface area contributed by atoms with Crippen molar-refractivity contribution in [2.24, 2.45) is 22.7 Å². The van der Waals surface area contributed by atoms with Crippen molar-refractivity contribution in [3.05, 3.63) is 47.6 Å². The molecule has 1 aliphatic heterocycles. The monoisotopic (exact) mass is 478 g/mol. The van der Waals surface area contributed by atoms with Crippen LogP contribution in [0.4, 0.5) is 5.69 Å². The quantitative estimate of drug-likeness (QED) is 0.597. The largest absolute Gasteiger partial charge is 0.506 e. The van der Waals surface area contributed by atoms with E-state index in [4.69, 9.17) is 0 Å². The van der Waals surface area contributed by atoms with E-state index >= 15 is 0 Å². The summed E-state index contributed by atoms with van der Waals surface area (Å²) >= 11 is 0. The predicted molar refractivity (Wildman–Crippen MR) is 139 cm³/mol. The number of phenols is 1. The zero-order valence-electron chi connectivity index (χ0n) is 21.4. The van der Waals surface area contributed by atoms with Gasteiger partial charge in [-0.3, -0.25) is 4.90 Å². The van der Waals surface area contributed by atoms with E-state index in [0.29, 0.717) is 17.6 Å². The second kappa shape index (κ2) is 8.36. The summed E-state index contributed by atoms with van der Waals surface area (Å²) in [5.74, 6) is 1.37. The van der Waals surface area contributed by atoms with Gasteiger partial charge in [-0.15, -0.1) is 0 Å². The third-order valence-corrected chi connectivity index (χ3v) is 10.9. The van der Waals surface area contributed by atoms with Crippen LogP contribution in [0.5, 0.6) is 5.75 Å². The van der Waals surface area contributed by atoms with Gasteiger partial charge in [-0.1, -0.05) is 49.3 Å². The second-order valence-electron chi connectivity index (χ2n) is 12.6. The van der Waals surface area contributed by atoms with Gasteiger partial charge in [0.15, 0.2) is 0 Å². The molecule has 4 aliphatic carbocycles. The van der Waals surface area contributed by atoms with Crippen molar-refractivity contribution in [2.75, 3.05) is 37.6 Å². The summed E-state index contributed by atoms with van der Waals surface area (Å²) in [5.41, 5.74) is 3.39. The molecule has 5 nitrogen and oxygen atoms in total. The lowest BCUT2D eigenvalue weighted by Crippen LogP contribution is -2.58. The Kier molecular flexibility index (Phi) is 5.63. The van der Waals surface area contributed by atoms with E-state index in [0.717, 1.165) is 83.4 Å². The van der Waals surface area contributed by atoms with Crippen LogP contribution in [0.2, 0.25) is 0 Å². The maximum absolute atomic E-state index is 12.2. The molecule has 1 aromatic rings. The minimum Gasteiger partial charge on any atom is -0.506 e. The highest BCUT2D eigenvalue weighted by atomic mass is 16.3. The number of aliphatic hydroxyl groups excluding tert-OH is 1. The van der Waals surface area contributed by atoms with Crippen LogP contribution < -0.4 is 4.90 Å². The van der Waals surface area contributed by atoms with Crippen molar-refractivity contribution in [3.8, 4) is 5.75 Å². The van der Waals surface area contributed by atoms with E-state index < -0.39 is 5.60 Å². The number of fused-ring (bicyclic) bond motifs is 5. The van der Waals surface area contributed by atoms with Crippen LogP contribution in [0, 0.1) is 22.7 Å². The van der Waals surface area contributed by atoms with Gasteiger partial charge in [-0.2, -0.15) is 0 Å². The zero-order valence-corrected chi connectivity index (χ0v) is 21.4. The Hall–Kier alpha value is -1.82. The van der Waals surface area contributed by atoms with E-state index in [1.54, 1.807) is 11.6 Å². The lowest BCUT2D eigenvalue weighted by Gasteiger charge is -2.56. The molecule has 6 rings (SSSR count). The van der Waals surface area contributed by atoms with Gasteiger partial charge < -0.3 is 20.2 Å². The Morgan fingerprint density at radius 2 is 1.66 bits per heavy atom. The highest BCUT2D eigenvalue weighted by Gasteiger charge is 2.62. The predicted octanol–water partition coefficient (Wildman–Crippen LogP) is 4.49. The Balaban J connectivity index is 1.17. The fourth-order valence-corrected chi connectivity index (χ4v) is 8.60. The van der Waals surface area contributed by atoms with Crippen LogP contribution in [0.15, 0.2) is 47.6 Å². The number of nitrogens with zero attached hydrogens (tertiary/aromatic N) is 2. The third-order valence-electron chi connectivity index (χ3n) is 10.9. The number of hydrogen-bond acceptors (Lipinski definition) is 5. The van der Waals surface area contributed by atoms with Crippen molar-refractivity contribution < 1.29 is 15.3 Å². The van der Waals surface area contributed by atoms with Gasteiger partial charge in [0.1, 0.15) is 5.75 Å². The number of anilines is 1. The van der Waals surface area contributed by atoms with Crippen LogP contribution >= 0.6 is 0 Å². The average Bonchev–Trinajstić information content (AvgIpc) is 3.11. The number of aromatic hydroxyl groups is 1. The van der Waals surface area contributed by atoms with Gasteiger partial charge >= 0.3 is 0 Å². The van der Waals surface area contributed by atoms with Crippen molar-refractivity contribution in [1.82, 2.24) is 4.90 Å². The number of phenolic OH excluding ortho intramolecular Hbond substituents is 1. The maximum atomic E-state index is 12.2. The number of para-hydroxylation sites is 2. The molecule has 0 spiro atoms. The molecule has 3 N–H and O–H groups in total. The zero-order chi connectivity index (χ0) is 24.4. The van der Waals surface area contributed by atoms with E-state index in [9.17, 15) is 15.3 Å². The van der Waals surface area contributed by atoms with Gasteiger partial charge in [0.2, 0.25) is 0 Å². The molecule has 35 heavy (non-hydrogen) atoms. The summed E-state index contributed by atoms with van der Waals surface area (Å²) in [6.45, 7) is 9.13. The number of allylic oxidation sites excluding steroid dienone is 3. The molecule has 1 heterocycles. The molecule has 6 atom stereocenters. The molecule has 4 fully saturated rings. The molecule has 3 saturated carbocycles. The highest BCUT2D eigenvalue weighted by Crippen LogP contribution is 2.66. The van der Waals surface area contributed by atoms with Gasteiger partial charge in [-0.05, 0) is 74.3 Å². The molecular formula is C30H42N2O3. The highest BCUT2D eigenvalue weighted by molar-refractivity contribution is 5.57. The number of rotatable bonds is 3. The summed E-state index contributed by atoms with van der Waals surface area (Å²) in [6, 6.07) is 7.60. The van der Waals surface area contributed by atoms with Crippen molar-refractivity contribution in [2.45, 2.75) is 70.5 Å². The first-order chi connectivity index (χ1) is 16.7. The molecule has 1 aromatic carbocycles. The summed E-state index contributed by atoms with van der Waals surface area (Å²) in [6.07, 6.45) is 11.5. The Labute approximate surface area is 210 Å². The molecule has 1 saturated heterocycles. The van der Waals surface area contributed by atoms with Crippen LogP contribution in [-0.2, 0) is 0 Å². The minimum absolute atomic E-state index is 0.0833. The van der Waals surface area contributed by atoms with Crippen LogP contribution in [0.3, 0.4) is 0 Å². The molecule has 0 amide bonds. The van der Waals surface area contributed by atoms with Crippen LogP contribution in [-0.4, -0.2) is 64.6 Å². The topological polar surface area (TPSA) is 67.2 Å². The molecule has 5 heteroatoms. The minimum atomic E-state index is -0.659. The van der Waals surface area contributed by atoms with Gasteiger partial charge in [0.05, 0.1) is 17.4 Å². The van der Waals surface area contributed by atoms with E-state index in [1.807, 2.05) is 18.2 Å². The maximum Gasteiger partial charge on any atom is 0.138 e. The third kappa shape index (κ3) is 3.60. The van der Waals surface area contributed by atoms with Crippen molar-refractivity contribution >= 4 is 5.69 Å². The van der Waals surface area contributed by atoms with Gasteiger partial charge in [0, 0.05) is 38.1 Å². The molecule has 0 bridgehead atoms. The Morgan fingerprint density at radius 1 is 0.914 bits per heavy atom. The standard InChI is InChI=1S/C30H42N2O3/c1-28-12-9-22(33)19-21(28)7-8-23-24(28)10-13-29(2)25(23)11-14-30(29,35)20-31-15-17-32(18-16-31)26-5-3-4-6-27(26)34/h3-8,22,24-25,33-35H,9-20H2,1-2H3. The average molecular weight is 479 g/mol. The Bertz CT molecular complexity index is 1040. The first kappa shape index (κ1) is 23.6. The lowest BCUT2D eigenvalue weighted by molar-refractivity contribution is -0.102. The second-order valence-corrected chi connectivity index (χ2v) is 12.6. The SMILES string of the molecule is CC12CCC(O)CC1=CC=C1C2CCC2(C)C1CCC2(O)CN1CCN(c2ccccc2O)CC1. The van der Waals surface area contributed by atoms with Crippen molar-refractivity contribution in [1.29, 1.82) is 0 Å².